The van der Waals surface area contributed by atoms with Gasteiger partial charge in [0.05, 0.1) is 12.5 Å². The molecule has 0 aromatic heterocycles. The number of rotatable bonds is 1. The van der Waals surface area contributed by atoms with E-state index >= 15 is 0 Å². The van der Waals surface area contributed by atoms with E-state index < -0.39 is 0 Å². The molecule has 0 aliphatic carbocycles. The van der Waals surface area contributed by atoms with E-state index in [2.05, 4.69) is 5.32 Å². The molecule has 2 aliphatic heterocycles. The van der Waals surface area contributed by atoms with Gasteiger partial charge in [0.2, 0.25) is 5.91 Å². The van der Waals surface area contributed by atoms with Crippen molar-refractivity contribution in [2.75, 3.05) is 20.2 Å². The minimum Gasteiger partial charge on any atom is -0.395 e. The molecule has 0 saturated carbocycles. The van der Waals surface area contributed by atoms with Gasteiger partial charge in [-0.15, -0.1) is 0 Å². The average molecular weight is 170 g/mol. The van der Waals surface area contributed by atoms with Crippen molar-refractivity contribution in [2.24, 2.45) is 5.92 Å². The Bertz CT molecular complexity index is 207. The van der Waals surface area contributed by atoms with E-state index in [1.54, 1.807) is 4.90 Å². The summed E-state index contributed by atoms with van der Waals surface area (Å²) in [6.45, 7) is 0.854. The molecule has 1 amide bonds. The number of hydrogen-bond donors (Lipinski definition) is 2. The van der Waals surface area contributed by atoms with E-state index in [-0.39, 0.29) is 24.5 Å². The molecule has 2 saturated heterocycles. The second kappa shape index (κ2) is 2.71. The maximum atomic E-state index is 11.5. The molecule has 3 unspecified atom stereocenters. The van der Waals surface area contributed by atoms with E-state index in [1.165, 1.54) is 0 Å². The van der Waals surface area contributed by atoms with Crippen molar-refractivity contribution in [3.8, 4) is 0 Å². The first kappa shape index (κ1) is 8.01. The number of carbonyl (C=O) groups excluding carboxylic acids is 1. The summed E-state index contributed by atoms with van der Waals surface area (Å²) < 4.78 is 0. The molecule has 2 aliphatic rings. The highest BCUT2D eigenvalue weighted by atomic mass is 16.3. The molecule has 2 heterocycles. The lowest BCUT2D eigenvalue weighted by atomic mass is 9.94. The summed E-state index contributed by atoms with van der Waals surface area (Å²) >= 11 is 0. The zero-order chi connectivity index (χ0) is 8.72. The molecule has 0 aromatic carbocycles. The van der Waals surface area contributed by atoms with Gasteiger partial charge in [0, 0.05) is 25.7 Å². The maximum Gasteiger partial charge on any atom is 0.227 e. The zero-order valence-electron chi connectivity index (χ0n) is 7.16. The number of amides is 1. The van der Waals surface area contributed by atoms with Crippen LogP contribution in [0.4, 0.5) is 0 Å². The summed E-state index contributed by atoms with van der Waals surface area (Å²) in [5, 5.41) is 12.2. The van der Waals surface area contributed by atoms with E-state index in [4.69, 9.17) is 5.11 Å². The number of nitrogens with one attached hydrogen (secondary N) is 1. The van der Waals surface area contributed by atoms with E-state index in [0.29, 0.717) is 6.04 Å². The van der Waals surface area contributed by atoms with E-state index in [9.17, 15) is 4.79 Å². The fourth-order valence-corrected chi connectivity index (χ4v) is 2.24. The molecule has 0 spiro atoms. The number of aliphatic hydroxyl groups excluding tert-OH is 1. The lowest BCUT2D eigenvalue weighted by molar-refractivity contribution is -0.136. The van der Waals surface area contributed by atoms with Crippen LogP contribution in [0.15, 0.2) is 0 Å². The highest BCUT2D eigenvalue weighted by Crippen LogP contribution is 2.27. The highest BCUT2D eigenvalue weighted by molar-refractivity contribution is 5.81. The highest BCUT2D eigenvalue weighted by Gasteiger charge is 2.43. The van der Waals surface area contributed by atoms with Crippen LogP contribution < -0.4 is 5.32 Å². The number of aliphatic hydroxyl groups is 1. The number of carbonyl (C=O) groups is 1. The number of likely N-dealkylation sites (N-methyl/N-ethyl adjacent to an activating group) is 1. The first-order valence-corrected chi connectivity index (χ1v) is 4.34. The van der Waals surface area contributed by atoms with Crippen molar-refractivity contribution in [2.45, 2.75) is 18.5 Å². The van der Waals surface area contributed by atoms with Crippen LogP contribution in [-0.2, 0) is 4.79 Å². The molecule has 68 valence electrons. The van der Waals surface area contributed by atoms with Crippen molar-refractivity contribution in [3.05, 3.63) is 0 Å². The Morgan fingerprint density at radius 2 is 2.50 bits per heavy atom. The van der Waals surface area contributed by atoms with Crippen molar-refractivity contribution in [1.82, 2.24) is 10.2 Å². The molecular weight excluding hydrogens is 156 g/mol. The van der Waals surface area contributed by atoms with Crippen LogP contribution >= 0.6 is 0 Å². The minimum absolute atomic E-state index is 0.00699. The third-order valence-electron chi connectivity index (χ3n) is 2.86. The summed E-state index contributed by atoms with van der Waals surface area (Å²) in [6, 6.07) is 0.391. The van der Waals surface area contributed by atoms with Crippen molar-refractivity contribution in [3.63, 3.8) is 0 Å². The molecule has 2 N–H and O–H groups in total. The average Bonchev–Trinajstić information content (AvgIpc) is 2.41. The topological polar surface area (TPSA) is 52.6 Å². The summed E-state index contributed by atoms with van der Waals surface area (Å²) in [7, 11) is 1.82. The molecule has 0 radical (unpaired) electrons. The third-order valence-corrected chi connectivity index (χ3v) is 2.86. The molecule has 12 heavy (non-hydrogen) atoms. The van der Waals surface area contributed by atoms with Crippen LogP contribution in [0.2, 0.25) is 0 Å². The van der Waals surface area contributed by atoms with Crippen molar-refractivity contribution >= 4 is 5.91 Å². The molecule has 3 atom stereocenters. The Morgan fingerprint density at radius 3 is 3.17 bits per heavy atom. The van der Waals surface area contributed by atoms with Crippen LogP contribution in [-0.4, -0.2) is 48.2 Å². The summed E-state index contributed by atoms with van der Waals surface area (Å²) in [5.41, 5.74) is 0. The van der Waals surface area contributed by atoms with Crippen LogP contribution in [0, 0.1) is 5.92 Å². The van der Waals surface area contributed by atoms with Gasteiger partial charge in [-0.05, 0) is 6.42 Å². The van der Waals surface area contributed by atoms with Gasteiger partial charge in [-0.25, -0.2) is 0 Å². The van der Waals surface area contributed by atoms with Crippen LogP contribution in [0.1, 0.15) is 6.42 Å². The number of hydrogen-bond acceptors (Lipinski definition) is 3. The molecule has 2 fully saturated rings. The SMILES string of the molecule is CN1CC2CC(C1=O)C(CO)N2. The summed E-state index contributed by atoms with van der Waals surface area (Å²) in [5.74, 6) is 0.189. The van der Waals surface area contributed by atoms with Gasteiger partial charge in [-0.1, -0.05) is 0 Å². The molecule has 2 rings (SSSR count). The molecule has 4 nitrogen and oxygen atoms in total. The van der Waals surface area contributed by atoms with E-state index in [0.717, 1.165) is 13.0 Å². The first-order chi connectivity index (χ1) is 5.72. The first-order valence-electron chi connectivity index (χ1n) is 4.34. The van der Waals surface area contributed by atoms with Crippen molar-refractivity contribution in [1.29, 1.82) is 0 Å². The Kier molecular flexibility index (Phi) is 1.81. The van der Waals surface area contributed by atoms with Gasteiger partial charge >= 0.3 is 0 Å². The predicted molar refractivity (Wildman–Crippen MR) is 43.5 cm³/mol. The van der Waals surface area contributed by atoms with Gasteiger partial charge in [0.1, 0.15) is 0 Å². The minimum atomic E-state index is -0.00699. The number of likely N-dealkylation sites (tertiary alicyclic amines) is 1. The van der Waals surface area contributed by atoms with Gasteiger partial charge < -0.3 is 15.3 Å². The zero-order valence-corrected chi connectivity index (χ0v) is 7.16. The number of fused-ring (bicyclic) bond motifs is 2. The molecule has 2 bridgehead atoms. The maximum absolute atomic E-state index is 11.5. The Balaban J connectivity index is 2.16. The monoisotopic (exact) mass is 170 g/mol. The lowest BCUT2D eigenvalue weighted by Gasteiger charge is -2.27. The smallest absolute Gasteiger partial charge is 0.227 e. The molecule has 4 heteroatoms. The molecular formula is C8H14N2O2. The van der Waals surface area contributed by atoms with Gasteiger partial charge in [-0.2, -0.15) is 0 Å². The second-order valence-electron chi connectivity index (χ2n) is 3.71. The Hall–Kier alpha value is -0.610. The van der Waals surface area contributed by atoms with Gasteiger partial charge in [0.15, 0.2) is 0 Å². The third kappa shape index (κ3) is 1.03. The quantitative estimate of drug-likeness (QED) is 0.519. The second-order valence-corrected chi connectivity index (χ2v) is 3.71. The van der Waals surface area contributed by atoms with Crippen LogP contribution in [0.25, 0.3) is 0 Å². The fourth-order valence-electron chi connectivity index (χ4n) is 2.24. The number of piperidine rings is 1. The van der Waals surface area contributed by atoms with Gasteiger partial charge in [-0.3, -0.25) is 4.79 Å². The standard InChI is InChI=1S/C8H14N2O2/c1-10-3-5-2-6(8(10)12)7(4-11)9-5/h5-7,9,11H,2-4H2,1H3. The normalized spacial score (nSPS) is 40.7. The molecule has 0 aromatic rings. The number of nitrogens with zero attached hydrogens (tertiary/aromatic N) is 1. The van der Waals surface area contributed by atoms with Crippen molar-refractivity contribution < 1.29 is 9.90 Å². The Morgan fingerprint density at radius 1 is 1.75 bits per heavy atom. The predicted octanol–water partition coefficient (Wildman–Crippen LogP) is -1.20. The Labute approximate surface area is 71.5 Å². The lowest BCUT2D eigenvalue weighted by Crippen LogP contribution is -2.42. The summed E-state index contributed by atoms with van der Waals surface area (Å²) in [4.78, 5) is 13.3. The van der Waals surface area contributed by atoms with Gasteiger partial charge in [0.25, 0.3) is 0 Å². The fraction of sp³-hybridized carbons (Fsp3) is 0.875. The largest absolute Gasteiger partial charge is 0.395 e. The summed E-state index contributed by atoms with van der Waals surface area (Å²) in [6.07, 6.45) is 0.897. The van der Waals surface area contributed by atoms with E-state index in [1.807, 2.05) is 7.05 Å². The van der Waals surface area contributed by atoms with Crippen LogP contribution in [0.5, 0.6) is 0 Å². The van der Waals surface area contributed by atoms with Crippen LogP contribution in [0.3, 0.4) is 0 Å².